The number of pyridine rings is 1. The number of rotatable bonds is 6. The zero-order valence-electron chi connectivity index (χ0n) is 20.2. The minimum absolute atomic E-state index is 0.0257. The van der Waals surface area contributed by atoms with E-state index in [1.165, 1.54) is 60.7 Å². The van der Waals surface area contributed by atoms with Gasteiger partial charge in [0.1, 0.15) is 11.4 Å². The molecule has 7 heteroatoms. The molecule has 1 N–H and O–H groups in total. The van der Waals surface area contributed by atoms with Gasteiger partial charge in [0.05, 0.1) is 0 Å². The molecular formula is C27H34FN3O3. The highest BCUT2D eigenvalue weighted by atomic mass is 19.1. The van der Waals surface area contributed by atoms with Crippen molar-refractivity contribution in [2.45, 2.75) is 58.8 Å². The molecule has 0 spiro atoms. The van der Waals surface area contributed by atoms with Crippen molar-refractivity contribution < 1.29 is 14.0 Å². The van der Waals surface area contributed by atoms with Gasteiger partial charge in [-0.25, -0.2) is 4.39 Å². The van der Waals surface area contributed by atoms with Crippen molar-refractivity contribution in [3.05, 3.63) is 63.3 Å². The lowest BCUT2D eigenvalue weighted by atomic mass is 9.73. The first-order valence-corrected chi connectivity index (χ1v) is 12.3. The molecule has 1 aliphatic carbocycles. The van der Waals surface area contributed by atoms with E-state index in [-0.39, 0.29) is 16.8 Å². The van der Waals surface area contributed by atoms with E-state index in [4.69, 9.17) is 0 Å². The fourth-order valence-corrected chi connectivity index (χ4v) is 5.13. The molecule has 1 aromatic carbocycles. The molecule has 4 rings (SSSR count). The minimum Gasteiger partial charge on any atom is -0.352 e. The Kier molecular flexibility index (Phi) is 7.31. The SMILES string of the molecule is CC1(C)CC(=O)c2cn(-c3ccc(F)cc3)c(=O)c(C(=O)NCCCN3CCCCCC3)c2C1. The van der Waals surface area contributed by atoms with Gasteiger partial charge in [0.15, 0.2) is 5.78 Å². The van der Waals surface area contributed by atoms with Gasteiger partial charge in [-0.1, -0.05) is 26.7 Å². The number of fused-ring (bicyclic) bond motifs is 1. The predicted molar refractivity (Wildman–Crippen MR) is 130 cm³/mol. The highest BCUT2D eigenvalue weighted by Gasteiger charge is 2.35. The van der Waals surface area contributed by atoms with Crippen LogP contribution in [-0.4, -0.2) is 47.3 Å². The first-order chi connectivity index (χ1) is 16.2. The van der Waals surface area contributed by atoms with E-state index in [0.29, 0.717) is 36.2 Å². The summed E-state index contributed by atoms with van der Waals surface area (Å²) in [5, 5.41) is 2.92. The van der Waals surface area contributed by atoms with E-state index < -0.39 is 17.3 Å². The molecule has 1 aromatic heterocycles. The van der Waals surface area contributed by atoms with Crippen molar-refractivity contribution in [2.75, 3.05) is 26.2 Å². The van der Waals surface area contributed by atoms with Crippen LogP contribution in [0.2, 0.25) is 0 Å². The first-order valence-electron chi connectivity index (χ1n) is 12.3. The average molecular weight is 468 g/mol. The second-order valence-corrected chi connectivity index (χ2v) is 10.4. The number of Topliss-reactive ketones (excluding diaryl/α,β-unsaturated/α-hetero) is 1. The van der Waals surface area contributed by atoms with E-state index in [9.17, 15) is 18.8 Å². The normalized spacial score (nSPS) is 18.3. The summed E-state index contributed by atoms with van der Waals surface area (Å²) in [6.45, 7) is 7.52. The summed E-state index contributed by atoms with van der Waals surface area (Å²) >= 11 is 0. The van der Waals surface area contributed by atoms with Crippen LogP contribution in [0, 0.1) is 11.2 Å². The van der Waals surface area contributed by atoms with Gasteiger partial charge in [-0.2, -0.15) is 0 Å². The minimum atomic E-state index is -0.485. The van der Waals surface area contributed by atoms with Crippen molar-refractivity contribution >= 4 is 11.7 Å². The van der Waals surface area contributed by atoms with Gasteiger partial charge in [-0.15, -0.1) is 0 Å². The van der Waals surface area contributed by atoms with Crippen LogP contribution in [0.15, 0.2) is 35.3 Å². The number of nitrogens with one attached hydrogen (secondary N) is 1. The van der Waals surface area contributed by atoms with E-state index >= 15 is 0 Å². The third-order valence-corrected chi connectivity index (χ3v) is 6.88. The van der Waals surface area contributed by atoms with Crippen molar-refractivity contribution in [1.29, 1.82) is 0 Å². The number of carbonyl (C=O) groups excluding carboxylic acids is 2. The number of hydrogen-bond donors (Lipinski definition) is 1. The van der Waals surface area contributed by atoms with E-state index in [2.05, 4.69) is 10.2 Å². The Balaban J connectivity index is 1.60. The fraction of sp³-hybridized carbons (Fsp3) is 0.519. The van der Waals surface area contributed by atoms with E-state index in [1.807, 2.05) is 13.8 Å². The van der Waals surface area contributed by atoms with E-state index in [1.54, 1.807) is 0 Å². The van der Waals surface area contributed by atoms with Gasteiger partial charge in [-0.05, 0) is 80.6 Å². The van der Waals surface area contributed by atoms with Gasteiger partial charge in [-0.3, -0.25) is 19.0 Å². The standard InChI is InChI=1S/C27H34FN3O3/c1-27(2)16-21-22(23(32)17-27)18-31(20-10-8-19(28)9-11-20)26(34)24(21)25(33)29-12-7-15-30-13-5-3-4-6-14-30/h8-11,18H,3-7,12-17H2,1-2H3,(H,29,33). The van der Waals surface area contributed by atoms with Crippen molar-refractivity contribution in [1.82, 2.24) is 14.8 Å². The molecule has 0 radical (unpaired) electrons. The number of likely N-dealkylation sites (tertiary alicyclic amines) is 1. The van der Waals surface area contributed by atoms with Gasteiger partial charge in [0.2, 0.25) is 0 Å². The van der Waals surface area contributed by atoms with Crippen LogP contribution in [0.25, 0.3) is 5.69 Å². The smallest absolute Gasteiger partial charge is 0.268 e. The molecule has 0 unspecified atom stereocenters. The lowest BCUT2D eigenvalue weighted by molar-refractivity contribution is 0.0909. The maximum Gasteiger partial charge on any atom is 0.268 e. The molecular weight excluding hydrogens is 433 g/mol. The molecule has 1 amide bonds. The molecule has 0 bridgehead atoms. The van der Waals surface area contributed by atoms with Crippen LogP contribution in [-0.2, 0) is 6.42 Å². The lowest BCUT2D eigenvalue weighted by Crippen LogP contribution is -2.39. The Hall–Kier alpha value is -2.80. The summed E-state index contributed by atoms with van der Waals surface area (Å²) in [6.07, 6.45) is 8.13. The number of benzene rings is 1. The molecule has 2 aliphatic rings. The molecule has 1 fully saturated rings. The largest absolute Gasteiger partial charge is 0.352 e. The number of aromatic nitrogens is 1. The fourth-order valence-electron chi connectivity index (χ4n) is 5.13. The molecule has 2 heterocycles. The molecule has 1 aliphatic heterocycles. The summed E-state index contributed by atoms with van der Waals surface area (Å²) in [5.74, 6) is -0.952. The van der Waals surface area contributed by atoms with Crippen molar-refractivity contribution in [2.24, 2.45) is 5.41 Å². The summed E-state index contributed by atoms with van der Waals surface area (Å²) in [5.41, 5.74) is 0.550. The Bertz CT molecular complexity index is 1110. The number of ketones is 1. The molecule has 0 atom stereocenters. The molecule has 34 heavy (non-hydrogen) atoms. The van der Waals surface area contributed by atoms with Gasteiger partial charge in [0, 0.05) is 30.4 Å². The average Bonchev–Trinajstić information content (AvgIpc) is 3.05. The Morgan fingerprint density at radius 3 is 2.38 bits per heavy atom. The molecule has 0 saturated carbocycles. The van der Waals surface area contributed by atoms with Gasteiger partial charge < -0.3 is 10.2 Å². The number of nitrogens with zero attached hydrogens (tertiary/aromatic N) is 2. The zero-order valence-corrected chi connectivity index (χ0v) is 20.2. The van der Waals surface area contributed by atoms with Crippen LogP contribution in [0.4, 0.5) is 4.39 Å². The summed E-state index contributed by atoms with van der Waals surface area (Å²) in [6, 6.07) is 5.47. The maximum absolute atomic E-state index is 13.5. The monoisotopic (exact) mass is 467 g/mol. The zero-order chi connectivity index (χ0) is 24.3. The predicted octanol–water partition coefficient (Wildman–Crippen LogP) is 4.13. The molecule has 182 valence electrons. The van der Waals surface area contributed by atoms with Crippen LogP contribution in [0.5, 0.6) is 0 Å². The third kappa shape index (κ3) is 5.46. The van der Waals surface area contributed by atoms with Crippen LogP contribution in [0.3, 0.4) is 0 Å². The molecule has 1 saturated heterocycles. The van der Waals surface area contributed by atoms with Gasteiger partial charge >= 0.3 is 0 Å². The number of carbonyl (C=O) groups is 2. The number of halogens is 1. The third-order valence-electron chi connectivity index (χ3n) is 6.88. The summed E-state index contributed by atoms with van der Waals surface area (Å²) < 4.78 is 14.7. The van der Waals surface area contributed by atoms with Crippen molar-refractivity contribution in [3.8, 4) is 5.69 Å². The molecule has 6 nitrogen and oxygen atoms in total. The first kappa shape index (κ1) is 24.3. The topological polar surface area (TPSA) is 71.4 Å². The van der Waals surface area contributed by atoms with Crippen LogP contribution < -0.4 is 10.9 Å². The quantitative estimate of drug-likeness (QED) is 0.649. The summed E-state index contributed by atoms with van der Waals surface area (Å²) in [4.78, 5) is 42.2. The molecule has 2 aromatic rings. The highest BCUT2D eigenvalue weighted by molar-refractivity contribution is 6.04. The second-order valence-electron chi connectivity index (χ2n) is 10.4. The second kappa shape index (κ2) is 10.2. The highest BCUT2D eigenvalue weighted by Crippen LogP contribution is 2.35. The van der Waals surface area contributed by atoms with Gasteiger partial charge in [0.25, 0.3) is 11.5 Å². The van der Waals surface area contributed by atoms with Crippen molar-refractivity contribution in [3.63, 3.8) is 0 Å². The summed E-state index contributed by atoms with van der Waals surface area (Å²) in [7, 11) is 0. The van der Waals surface area contributed by atoms with Crippen LogP contribution in [0.1, 0.15) is 78.7 Å². The van der Waals surface area contributed by atoms with Crippen LogP contribution >= 0.6 is 0 Å². The Morgan fingerprint density at radius 1 is 1.03 bits per heavy atom. The lowest BCUT2D eigenvalue weighted by Gasteiger charge is -2.31. The Labute approximate surface area is 200 Å². The number of amides is 1. The van der Waals surface area contributed by atoms with E-state index in [0.717, 1.165) is 26.1 Å². The Morgan fingerprint density at radius 2 is 1.71 bits per heavy atom. The maximum atomic E-state index is 13.5. The number of hydrogen-bond acceptors (Lipinski definition) is 4.